The minimum absolute atomic E-state index is 0.367. The zero-order valence-electron chi connectivity index (χ0n) is 12.1. The first-order chi connectivity index (χ1) is 9.07. The van der Waals surface area contributed by atoms with Gasteiger partial charge < -0.3 is 10.2 Å². The van der Waals surface area contributed by atoms with Gasteiger partial charge >= 0.3 is 0 Å². The Bertz CT molecular complexity index is 464. The monoisotopic (exact) mass is 259 g/mol. The number of nitrogens with two attached hydrogens (primary N) is 1. The smallest absolute Gasteiger partial charge is 0.194 e. The number of rotatable bonds is 2. The SMILES string of the molecule is CC(C)c1coc(N)c1C12CC3CC(CC(C3)C1)C2. The van der Waals surface area contributed by atoms with Gasteiger partial charge in [0, 0.05) is 11.0 Å². The van der Waals surface area contributed by atoms with Crippen molar-refractivity contribution in [2.75, 3.05) is 5.73 Å². The predicted molar refractivity (Wildman–Crippen MR) is 77.1 cm³/mol. The van der Waals surface area contributed by atoms with Gasteiger partial charge in [0.15, 0.2) is 5.88 Å². The third-order valence-electron chi connectivity index (χ3n) is 6.04. The molecule has 0 spiro atoms. The van der Waals surface area contributed by atoms with Crippen molar-refractivity contribution in [1.82, 2.24) is 0 Å². The molecule has 4 aliphatic carbocycles. The van der Waals surface area contributed by atoms with Crippen molar-refractivity contribution in [1.29, 1.82) is 0 Å². The molecule has 2 nitrogen and oxygen atoms in total. The van der Waals surface area contributed by atoms with Crippen molar-refractivity contribution in [3.63, 3.8) is 0 Å². The third kappa shape index (κ3) is 1.61. The summed E-state index contributed by atoms with van der Waals surface area (Å²) in [5, 5.41) is 0. The van der Waals surface area contributed by atoms with Crippen LogP contribution >= 0.6 is 0 Å². The topological polar surface area (TPSA) is 39.2 Å². The minimum atomic E-state index is 0.367. The standard InChI is InChI=1S/C17H25NO/c1-10(2)14-9-19-16(18)15(14)17-6-11-3-12(7-17)5-13(4-11)8-17/h9-13H,3-8,18H2,1-2H3. The van der Waals surface area contributed by atoms with E-state index in [0.717, 1.165) is 17.8 Å². The van der Waals surface area contributed by atoms with Crippen molar-refractivity contribution >= 4 is 5.88 Å². The number of hydrogen-bond acceptors (Lipinski definition) is 2. The first kappa shape index (κ1) is 11.9. The second-order valence-corrected chi connectivity index (χ2v) is 7.78. The van der Waals surface area contributed by atoms with Crippen LogP contribution in [0.1, 0.15) is 69.4 Å². The average molecular weight is 259 g/mol. The van der Waals surface area contributed by atoms with Gasteiger partial charge in [-0.25, -0.2) is 0 Å². The first-order valence-electron chi connectivity index (χ1n) is 7.95. The quantitative estimate of drug-likeness (QED) is 0.852. The molecular weight excluding hydrogens is 234 g/mol. The number of anilines is 1. The van der Waals surface area contributed by atoms with Crippen LogP contribution in [0.3, 0.4) is 0 Å². The van der Waals surface area contributed by atoms with Gasteiger partial charge in [-0.2, -0.15) is 0 Å². The molecular formula is C17H25NO. The molecule has 0 aromatic carbocycles. The minimum Gasteiger partial charge on any atom is -0.449 e. The normalized spacial score (nSPS) is 40.3. The summed E-state index contributed by atoms with van der Waals surface area (Å²) in [6.07, 6.45) is 10.5. The Hall–Kier alpha value is -0.920. The molecule has 4 aliphatic rings. The van der Waals surface area contributed by atoms with Crippen LogP contribution in [0, 0.1) is 17.8 Å². The lowest BCUT2D eigenvalue weighted by atomic mass is 9.47. The zero-order chi connectivity index (χ0) is 13.2. The largest absolute Gasteiger partial charge is 0.449 e. The van der Waals surface area contributed by atoms with Crippen molar-refractivity contribution < 1.29 is 4.42 Å². The molecule has 4 fully saturated rings. The van der Waals surface area contributed by atoms with Gasteiger partial charge in [-0.05, 0) is 67.8 Å². The molecule has 2 heteroatoms. The maximum atomic E-state index is 6.23. The van der Waals surface area contributed by atoms with Crippen molar-refractivity contribution in [2.24, 2.45) is 17.8 Å². The van der Waals surface area contributed by atoms with Crippen LogP contribution in [0.2, 0.25) is 0 Å². The highest BCUT2D eigenvalue weighted by atomic mass is 16.3. The maximum absolute atomic E-state index is 6.23. The highest BCUT2D eigenvalue weighted by Crippen LogP contribution is 2.62. The molecule has 0 radical (unpaired) electrons. The Morgan fingerprint density at radius 2 is 1.63 bits per heavy atom. The van der Waals surface area contributed by atoms with Gasteiger partial charge in [0.05, 0.1) is 6.26 Å². The van der Waals surface area contributed by atoms with E-state index in [2.05, 4.69) is 13.8 Å². The highest BCUT2D eigenvalue weighted by Gasteiger charge is 2.53. The van der Waals surface area contributed by atoms with Crippen LogP contribution in [0.25, 0.3) is 0 Å². The highest BCUT2D eigenvalue weighted by molar-refractivity contribution is 5.50. The average Bonchev–Trinajstić information content (AvgIpc) is 2.70. The first-order valence-corrected chi connectivity index (χ1v) is 7.95. The Kier molecular flexibility index (Phi) is 2.38. The molecule has 0 atom stereocenters. The maximum Gasteiger partial charge on any atom is 0.194 e. The summed E-state index contributed by atoms with van der Waals surface area (Å²) < 4.78 is 5.62. The fraction of sp³-hybridized carbons (Fsp3) is 0.765. The molecule has 4 bridgehead atoms. The van der Waals surface area contributed by atoms with Crippen LogP contribution in [0.5, 0.6) is 0 Å². The van der Waals surface area contributed by atoms with E-state index >= 15 is 0 Å². The van der Waals surface area contributed by atoms with Crippen LogP contribution in [-0.4, -0.2) is 0 Å². The van der Waals surface area contributed by atoms with Gasteiger partial charge in [-0.15, -0.1) is 0 Å². The van der Waals surface area contributed by atoms with Gasteiger partial charge in [-0.1, -0.05) is 13.8 Å². The number of furan rings is 1. The summed E-state index contributed by atoms with van der Waals surface area (Å²) in [7, 11) is 0. The van der Waals surface area contributed by atoms with Crippen molar-refractivity contribution in [2.45, 2.75) is 63.7 Å². The summed E-state index contributed by atoms with van der Waals surface area (Å²) in [5.41, 5.74) is 9.38. The second kappa shape index (κ2) is 3.80. The molecule has 0 saturated heterocycles. The summed E-state index contributed by atoms with van der Waals surface area (Å²) in [5.74, 6) is 4.11. The van der Waals surface area contributed by atoms with E-state index in [9.17, 15) is 0 Å². The molecule has 104 valence electrons. The second-order valence-electron chi connectivity index (χ2n) is 7.78. The molecule has 0 unspecified atom stereocenters. The number of nitrogen functional groups attached to an aromatic ring is 1. The van der Waals surface area contributed by atoms with E-state index in [0.29, 0.717) is 17.2 Å². The van der Waals surface area contributed by atoms with E-state index in [1.54, 1.807) is 0 Å². The molecule has 0 aliphatic heterocycles. The molecule has 5 rings (SSSR count). The van der Waals surface area contributed by atoms with Crippen LogP contribution in [-0.2, 0) is 5.41 Å². The Morgan fingerprint density at radius 1 is 1.11 bits per heavy atom. The predicted octanol–water partition coefficient (Wildman–Crippen LogP) is 4.45. The van der Waals surface area contributed by atoms with Gasteiger partial charge in [0.1, 0.15) is 0 Å². The van der Waals surface area contributed by atoms with Crippen LogP contribution in [0.15, 0.2) is 10.7 Å². The van der Waals surface area contributed by atoms with E-state index in [1.807, 2.05) is 6.26 Å². The Balaban J connectivity index is 1.81. The fourth-order valence-corrected chi connectivity index (χ4v) is 5.80. The van der Waals surface area contributed by atoms with E-state index in [1.165, 1.54) is 49.7 Å². The lowest BCUT2D eigenvalue weighted by molar-refractivity contribution is -0.00541. The molecule has 1 aromatic heterocycles. The Morgan fingerprint density at radius 3 is 2.11 bits per heavy atom. The van der Waals surface area contributed by atoms with Crippen molar-refractivity contribution in [3.8, 4) is 0 Å². The molecule has 1 heterocycles. The third-order valence-corrected chi connectivity index (χ3v) is 6.04. The lowest BCUT2D eigenvalue weighted by Gasteiger charge is -2.57. The summed E-state index contributed by atoms with van der Waals surface area (Å²) in [6, 6.07) is 0. The molecule has 0 amide bonds. The molecule has 2 N–H and O–H groups in total. The van der Waals surface area contributed by atoms with E-state index in [-0.39, 0.29) is 0 Å². The summed E-state index contributed by atoms with van der Waals surface area (Å²) in [4.78, 5) is 0. The van der Waals surface area contributed by atoms with Gasteiger partial charge in [-0.3, -0.25) is 0 Å². The lowest BCUT2D eigenvalue weighted by Crippen LogP contribution is -2.49. The van der Waals surface area contributed by atoms with Gasteiger partial charge in [0.2, 0.25) is 0 Å². The summed E-state index contributed by atoms with van der Waals surface area (Å²) in [6.45, 7) is 4.52. The summed E-state index contributed by atoms with van der Waals surface area (Å²) >= 11 is 0. The van der Waals surface area contributed by atoms with Crippen molar-refractivity contribution in [3.05, 3.63) is 17.4 Å². The van der Waals surface area contributed by atoms with Crippen LogP contribution < -0.4 is 5.73 Å². The van der Waals surface area contributed by atoms with Gasteiger partial charge in [0.25, 0.3) is 0 Å². The zero-order valence-corrected chi connectivity index (χ0v) is 12.1. The molecule has 4 saturated carbocycles. The number of hydrogen-bond donors (Lipinski definition) is 1. The molecule has 1 aromatic rings. The van der Waals surface area contributed by atoms with E-state index in [4.69, 9.17) is 10.2 Å². The fourth-order valence-electron chi connectivity index (χ4n) is 5.80. The van der Waals surface area contributed by atoms with Crippen LogP contribution in [0.4, 0.5) is 5.88 Å². The molecule has 19 heavy (non-hydrogen) atoms. The van der Waals surface area contributed by atoms with E-state index < -0.39 is 0 Å². The Labute approximate surface area is 115 Å².